The molecule has 1 aliphatic heterocycles. The van der Waals surface area contributed by atoms with Gasteiger partial charge in [-0.2, -0.15) is 0 Å². The van der Waals surface area contributed by atoms with Crippen LogP contribution in [0.3, 0.4) is 0 Å². The number of nitrogens with zero attached hydrogens (tertiary/aromatic N) is 2. The molecule has 166 valence electrons. The molecule has 0 saturated carbocycles. The number of anilines is 2. The summed E-state index contributed by atoms with van der Waals surface area (Å²) in [5.41, 5.74) is 8.90. The van der Waals surface area contributed by atoms with Gasteiger partial charge in [-0.05, 0) is 45.9 Å². The predicted molar refractivity (Wildman–Crippen MR) is 129 cm³/mol. The van der Waals surface area contributed by atoms with Crippen molar-refractivity contribution in [1.29, 1.82) is 0 Å². The molecule has 0 spiro atoms. The van der Waals surface area contributed by atoms with Crippen LogP contribution in [0, 0.1) is 0 Å². The highest BCUT2D eigenvalue weighted by Gasteiger charge is 2.29. The van der Waals surface area contributed by atoms with E-state index in [9.17, 15) is 0 Å². The van der Waals surface area contributed by atoms with E-state index < -0.39 is 0 Å². The minimum absolute atomic E-state index is 0. The molecule has 0 unspecified atom stereocenters. The lowest BCUT2D eigenvalue weighted by atomic mass is 9.92. The van der Waals surface area contributed by atoms with Crippen molar-refractivity contribution >= 4 is 11.4 Å². The third-order valence-electron chi connectivity index (χ3n) is 6.30. The number of para-hydroxylation sites is 2. The lowest BCUT2D eigenvalue weighted by molar-refractivity contribution is -0.00000644. The van der Waals surface area contributed by atoms with Gasteiger partial charge in [0.05, 0.1) is 6.67 Å². The molecule has 0 N–H and O–H groups in total. The van der Waals surface area contributed by atoms with Crippen molar-refractivity contribution in [1.82, 2.24) is 0 Å². The van der Waals surface area contributed by atoms with Crippen LogP contribution in [0.15, 0.2) is 36.4 Å². The molecule has 3 rings (SSSR count). The predicted octanol–water partition coefficient (Wildman–Crippen LogP) is 4.47. The summed E-state index contributed by atoms with van der Waals surface area (Å²) in [6.07, 6.45) is 0. The molecule has 0 radical (unpaired) electrons. The van der Waals surface area contributed by atoms with Gasteiger partial charge in [-0.1, -0.05) is 91.8 Å². The average molecular weight is 428 g/mol. The fraction of sp³-hybridized carbons (Fsp3) is 0.556. The van der Waals surface area contributed by atoms with Crippen LogP contribution in [-0.2, 0) is 0 Å². The van der Waals surface area contributed by atoms with Gasteiger partial charge < -0.3 is 22.2 Å². The van der Waals surface area contributed by atoms with Crippen LogP contribution in [0.2, 0.25) is 0 Å². The summed E-state index contributed by atoms with van der Waals surface area (Å²) in [7, 11) is 0. The molecule has 1 aliphatic rings. The van der Waals surface area contributed by atoms with Crippen LogP contribution in [0.5, 0.6) is 0 Å². The molecule has 1 saturated heterocycles. The summed E-state index contributed by atoms with van der Waals surface area (Å²) in [5, 5.41) is 0. The number of hydrogen-bond donors (Lipinski definition) is 0. The van der Waals surface area contributed by atoms with E-state index in [1.807, 2.05) is 0 Å². The van der Waals surface area contributed by atoms with Crippen molar-refractivity contribution < 1.29 is 12.4 Å². The standard InChI is InChI=1S/C27H40N2.ClH/c1-18(2)22-11-9-12-23(19(3)4)26(22)28-15-16-29(17-28)27-24(20(5)6)13-10-14-25(27)21(7)8;/h9-14,18-21H,15-17H2,1-8H3;1H/p-1. The highest BCUT2D eigenvalue weighted by atomic mass is 35.5. The van der Waals surface area contributed by atoms with Crippen LogP contribution in [-0.4, -0.2) is 19.8 Å². The lowest BCUT2D eigenvalue weighted by Gasteiger charge is -2.31. The number of benzene rings is 2. The van der Waals surface area contributed by atoms with Crippen molar-refractivity contribution in [2.45, 2.75) is 79.1 Å². The molecule has 0 bridgehead atoms. The van der Waals surface area contributed by atoms with E-state index in [2.05, 4.69) is 102 Å². The zero-order valence-electron chi connectivity index (χ0n) is 20.2. The maximum absolute atomic E-state index is 2.63. The zero-order chi connectivity index (χ0) is 21.3. The summed E-state index contributed by atoms with van der Waals surface area (Å²) in [6, 6.07) is 13.8. The molecule has 2 aromatic carbocycles. The Morgan fingerprint density at radius 1 is 0.533 bits per heavy atom. The smallest absolute Gasteiger partial charge is 0.0904 e. The molecular weight excluding hydrogens is 388 g/mol. The second-order valence-electron chi connectivity index (χ2n) is 9.86. The molecule has 0 aromatic heterocycles. The van der Waals surface area contributed by atoms with E-state index in [1.165, 1.54) is 33.6 Å². The van der Waals surface area contributed by atoms with Gasteiger partial charge in [0, 0.05) is 24.5 Å². The van der Waals surface area contributed by atoms with Gasteiger partial charge in [0.25, 0.3) is 0 Å². The normalized spacial score (nSPS) is 14.4. The highest BCUT2D eigenvalue weighted by Crippen LogP contribution is 2.40. The highest BCUT2D eigenvalue weighted by molar-refractivity contribution is 5.68. The first kappa shape index (κ1) is 24.6. The Hall–Kier alpha value is -1.67. The summed E-state index contributed by atoms with van der Waals surface area (Å²) >= 11 is 0. The van der Waals surface area contributed by atoms with Crippen molar-refractivity contribution in [2.75, 3.05) is 29.6 Å². The van der Waals surface area contributed by atoms with Crippen LogP contribution in [0.4, 0.5) is 11.4 Å². The van der Waals surface area contributed by atoms with Gasteiger partial charge in [0.15, 0.2) is 0 Å². The third kappa shape index (κ3) is 4.80. The second-order valence-corrected chi connectivity index (χ2v) is 9.86. The Labute approximate surface area is 191 Å². The Kier molecular flexibility index (Phi) is 8.27. The molecule has 2 nitrogen and oxygen atoms in total. The molecule has 1 heterocycles. The van der Waals surface area contributed by atoms with E-state index in [0.29, 0.717) is 23.7 Å². The summed E-state index contributed by atoms with van der Waals surface area (Å²) in [6.45, 7) is 21.7. The lowest BCUT2D eigenvalue weighted by Crippen LogP contribution is -3.00. The Bertz CT molecular complexity index is 717. The quantitative estimate of drug-likeness (QED) is 0.671. The molecule has 0 atom stereocenters. The van der Waals surface area contributed by atoms with Gasteiger partial charge >= 0.3 is 0 Å². The van der Waals surface area contributed by atoms with Crippen molar-refractivity contribution in [3.63, 3.8) is 0 Å². The third-order valence-corrected chi connectivity index (χ3v) is 6.30. The van der Waals surface area contributed by atoms with E-state index in [4.69, 9.17) is 0 Å². The molecular formula is C27H40ClN2-. The maximum Gasteiger partial charge on any atom is 0.0904 e. The van der Waals surface area contributed by atoms with Crippen molar-refractivity contribution in [2.24, 2.45) is 0 Å². The van der Waals surface area contributed by atoms with Gasteiger partial charge in [0.1, 0.15) is 0 Å². The first-order valence-corrected chi connectivity index (χ1v) is 11.5. The first-order chi connectivity index (χ1) is 13.7. The van der Waals surface area contributed by atoms with Gasteiger partial charge in [-0.3, -0.25) is 0 Å². The van der Waals surface area contributed by atoms with Crippen LogP contribution < -0.4 is 22.2 Å². The van der Waals surface area contributed by atoms with Crippen LogP contribution in [0.25, 0.3) is 0 Å². The van der Waals surface area contributed by atoms with E-state index >= 15 is 0 Å². The zero-order valence-corrected chi connectivity index (χ0v) is 20.9. The molecule has 2 aromatic rings. The summed E-state index contributed by atoms with van der Waals surface area (Å²) in [5.74, 6) is 2.14. The van der Waals surface area contributed by atoms with Crippen LogP contribution in [0.1, 0.15) is 101 Å². The Morgan fingerprint density at radius 3 is 1.03 bits per heavy atom. The van der Waals surface area contributed by atoms with Crippen LogP contribution >= 0.6 is 0 Å². The minimum atomic E-state index is 0. The number of halogens is 1. The molecule has 1 fully saturated rings. The fourth-order valence-electron chi connectivity index (χ4n) is 4.71. The molecule has 0 amide bonds. The minimum Gasteiger partial charge on any atom is -1.00 e. The van der Waals surface area contributed by atoms with Crippen molar-refractivity contribution in [3.8, 4) is 0 Å². The SMILES string of the molecule is CC(C)c1cccc(C(C)C)c1N1CCN(c2c(C(C)C)cccc2C(C)C)C1.[Cl-]. The second kappa shape index (κ2) is 10.1. The van der Waals surface area contributed by atoms with Gasteiger partial charge in [0.2, 0.25) is 0 Å². The maximum atomic E-state index is 2.63. The summed E-state index contributed by atoms with van der Waals surface area (Å²) < 4.78 is 0. The topological polar surface area (TPSA) is 6.48 Å². The van der Waals surface area contributed by atoms with Gasteiger partial charge in [-0.15, -0.1) is 0 Å². The van der Waals surface area contributed by atoms with Gasteiger partial charge in [-0.25, -0.2) is 0 Å². The van der Waals surface area contributed by atoms with E-state index in [0.717, 1.165) is 19.8 Å². The first-order valence-electron chi connectivity index (χ1n) is 11.5. The van der Waals surface area contributed by atoms with E-state index in [1.54, 1.807) is 0 Å². The summed E-state index contributed by atoms with van der Waals surface area (Å²) in [4.78, 5) is 5.26. The average Bonchev–Trinajstić information content (AvgIpc) is 3.15. The van der Waals surface area contributed by atoms with Crippen molar-refractivity contribution in [3.05, 3.63) is 58.7 Å². The number of hydrogen-bond acceptors (Lipinski definition) is 2. The Morgan fingerprint density at radius 2 is 0.800 bits per heavy atom. The molecule has 30 heavy (non-hydrogen) atoms. The number of rotatable bonds is 6. The Balaban J connectivity index is 0.00000320. The molecule has 3 heteroatoms. The largest absolute Gasteiger partial charge is 1.00 e. The fourth-order valence-corrected chi connectivity index (χ4v) is 4.71. The molecule has 0 aliphatic carbocycles. The monoisotopic (exact) mass is 427 g/mol. The van der Waals surface area contributed by atoms with E-state index in [-0.39, 0.29) is 12.4 Å².